The van der Waals surface area contributed by atoms with Gasteiger partial charge in [-0.15, -0.1) is 0 Å². The molecule has 4 aromatic rings. The molecule has 29 heavy (non-hydrogen) atoms. The molecule has 0 aliphatic carbocycles. The summed E-state index contributed by atoms with van der Waals surface area (Å²) in [4.78, 5) is 12.2. The van der Waals surface area contributed by atoms with Crippen LogP contribution in [0.15, 0.2) is 69.7 Å². The molecular formula is C22H18BrN3O3. The van der Waals surface area contributed by atoms with Gasteiger partial charge in [0, 0.05) is 15.8 Å². The third kappa shape index (κ3) is 3.95. The van der Waals surface area contributed by atoms with Crippen molar-refractivity contribution in [3.05, 3.63) is 70.8 Å². The summed E-state index contributed by atoms with van der Waals surface area (Å²) in [6.45, 7) is 1.90. The average molecular weight is 452 g/mol. The quantitative estimate of drug-likeness (QED) is 0.386. The lowest BCUT2D eigenvalue weighted by Crippen LogP contribution is -2.19. The van der Waals surface area contributed by atoms with Gasteiger partial charge in [0.1, 0.15) is 0 Å². The molecule has 0 atom stereocenters. The van der Waals surface area contributed by atoms with Gasteiger partial charge in [-0.2, -0.15) is 0 Å². The number of aryl methyl sites for hydroxylation is 1. The van der Waals surface area contributed by atoms with Gasteiger partial charge < -0.3 is 19.9 Å². The van der Waals surface area contributed by atoms with Crippen LogP contribution in [0, 0.1) is 6.92 Å². The first-order valence-corrected chi connectivity index (χ1v) is 9.71. The number of carbonyl (C=O) groups excluding carboxylic acids is 1. The summed E-state index contributed by atoms with van der Waals surface area (Å²) in [7, 11) is 1.60. The first-order valence-electron chi connectivity index (χ1n) is 8.92. The fraction of sp³-hybridized carbons (Fsp3) is 0.0909. The molecule has 0 saturated heterocycles. The number of halogens is 1. The van der Waals surface area contributed by atoms with Crippen LogP contribution in [0.5, 0.6) is 5.75 Å². The summed E-state index contributed by atoms with van der Waals surface area (Å²) in [6, 6.07) is 18.5. The first kappa shape index (κ1) is 19.0. The Balaban J connectivity index is 1.55. The number of aromatic nitrogens is 1. The predicted molar refractivity (Wildman–Crippen MR) is 118 cm³/mol. The number of benzene rings is 3. The van der Waals surface area contributed by atoms with E-state index in [1.165, 1.54) is 0 Å². The monoisotopic (exact) mass is 451 g/mol. The molecule has 0 aliphatic heterocycles. The molecule has 2 amide bonds. The second-order valence-electron chi connectivity index (χ2n) is 6.45. The number of amides is 2. The van der Waals surface area contributed by atoms with Crippen molar-refractivity contribution in [3.63, 3.8) is 0 Å². The molecule has 0 aliphatic rings. The minimum absolute atomic E-state index is 0.308. The van der Waals surface area contributed by atoms with Gasteiger partial charge in [0.25, 0.3) is 0 Å². The van der Waals surface area contributed by atoms with Crippen LogP contribution in [0.1, 0.15) is 5.69 Å². The maximum absolute atomic E-state index is 12.2. The zero-order valence-electron chi connectivity index (χ0n) is 15.8. The highest BCUT2D eigenvalue weighted by Gasteiger charge is 2.15. The van der Waals surface area contributed by atoms with Gasteiger partial charge in [-0.3, -0.25) is 0 Å². The van der Waals surface area contributed by atoms with Crippen LogP contribution in [-0.2, 0) is 0 Å². The number of urea groups is 1. The van der Waals surface area contributed by atoms with Crippen molar-refractivity contribution in [3.8, 4) is 16.9 Å². The van der Waals surface area contributed by atoms with Gasteiger partial charge in [-0.25, -0.2) is 4.79 Å². The summed E-state index contributed by atoms with van der Waals surface area (Å²) in [5.74, 6) is 0.645. The molecule has 2 N–H and O–H groups in total. The van der Waals surface area contributed by atoms with Crippen molar-refractivity contribution in [2.24, 2.45) is 0 Å². The SMILES string of the molecule is COc1ccc(-c2ccc(NC(=O)Nc3cccc(Br)c3)cc2)c2c(C)noc12. The van der Waals surface area contributed by atoms with E-state index in [9.17, 15) is 4.79 Å². The lowest BCUT2D eigenvalue weighted by molar-refractivity contribution is 0.262. The summed E-state index contributed by atoms with van der Waals surface area (Å²) >= 11 is 3.39. The largest absolute Gasteiger partial charge is 0.493 e. The van der Waals surface area contributed by atoms with E-state index in [1.54, 1.807) is 7.11 Å². The number of anilines is 2. The maximum Gasteiger partial charge on any atom is 0.323 e. The fourth-order valence-electron chi connectivity index (χ4n) is 3.17. The van der Waals surface area contributed by atoms with Crippen LogP contribution in [0.3, 0.4) is 0 Å². The number of nitrogens with one attached hydrogen (secondary N) is 2. The average Bonchev–Trinajstić information content (AvgIpc) is 3.10. The summed E-state index contributed by atoms with van der Waals surface area (Å²) in [5, 5.41) is 10.6. The molecular weight excluding hydrogens is 434 g/mol. The van der Waals surface area contributed by atoms with E-state index in [-0.39, 0.29) is 6.03 Å². The van der Waals surface area contributed by atoms with Crippen molar-refractivity contribution in [1.29, 1.82) is 0 Å². The van der Waals surface area contributed by atoms with Crippen molar-refractivity contribution < 1.29 is 14.1 Å². The molecule has 1 heterocycles. The first-order chi connectivity index (χ1) is 14.0. The van der Waals surface area contributed by atoms with Crippen LogP contribution in [0.2, 0.25) is 0 Å². The number of methoxy groups -OCH3 is 1. The van der Waals surface area contributed by atoms with Crippen LogP contribution in [0.4, 0.5) is 16.2 Å². The van der Waals surface area contributed by atoms with Gasteiger partial charge in [-0.05, 0) is 60.5 Å². The van der Waals surface area contributed by atoms with E-state index in [0.29, 0.717) is 22.7 Å². The number of hydrogen-bond acceptors (Lipinski definition) is 4. The number of hydrogen-bond donors (Lipinski definition) is 2. The Bertz CT molecular complexity index is 1190. The highest BCUT2D eigenvalue weighted by Crippen LogP contribution is 2.36. The Morgan fingerprint density at radius 2 is 1.79 bits per heavy atom. The van der Waals surface area contributed by atoms with Crippen LogP contribution < -0.4 is 15.4 Å². The number of nitrogens with zero attached hydrogens (tertiary/aromatic N) is 1. The highest BCUT2D eigenvalue weighted by atomic mass is 79.9. The molecule has 0 saturated carbocycles. The van der Waals surface area contributed by atoms with Gasteiger partial charge in [0.05, 0.1) is 18.2 Å². The molecule has 4 rings (SSSR count). The fourth-order valence-corrected chi connectivity index (χ4v) is 3.57. The Kier molecular flexibility index (Phi) is 5.22. The zero-order chi connectivity index (χ0) is 20.4. The highest BCUT2D eigenvalue weighted by molar-refractivity contribution is 9.10. The Hall–Kier alpha value is -3.32. The summed E-state index contributed by atoms with van der Waals surface area (Å²) < 4.78 is 11.7. The van der Waals surface area contributed by atoms with Gasteiger partial charge in [0.15, 0.2) is 5.75 Å². The topological polar surface area (TPSA) is 76.4 Å². The normalized spacial score (nSPS) is 10.7. The van der Waals surface area contributed by atoms with E-state index in [1.807, 2.05) is 67.6 Å². The molecule has 146 valence electrons. The summed E-state index contributed by atoms with van der Waals surface area (Å²) in [6.07, 6.45) is 0. The third-order valence-corrected chi connectivity index (χ3v) is 5.01. The zero-order valence-corrected chi connectivity index (χ0v) is 17.4. The van der Waals surface area contributed by atoms with E-state index >= 15 is 0 Å². The van der Waals surface area contributed by atoms with Gasteiger partial charge >= 0.3 is 6.03 Å². The van der Waals surface area contributed by atoms with Crippen LogP contribution in [-0.4, -0.2) is 18.3 Å². The lowest BCUT2D eigenvalue weighted by atomic mass is 10.00. The molecule has 0 unspecified atom stereocenters. The number of carbonyl (C=O) groups is 1. The van der Waals surface area contributed by atoms with Crippen molar-refractivity contribution in [1.82, 2.24) is 5.16 Å². The summed E-state index contributed by atoms with van der Waals surface area (Å²) in [5.41, 5.74) is 4.79. The van der Waals surface area contributed by atoms with Crippen molar-refractivity contribution in [2.45, 2.75) is 6.92 Å². The number of rotatable bonds is 4. The Morgan fingerprint density at radius 3 is 2.52 bits per heavy atom. The molecule has 1 aromatic heterocycles. The molecule has 7 heteroatoms. The predicted octanol–water partition coefficient (Wildman–Crippen LogP) is 6.22. The minimum Gasteiger partial charge on any atom is -0.493 e. The van der Waals surface area contributed by atoms with E-state index in [4.69, 9.17) is 9.26 Å². The van der Waals surface area contributed by atoms with E-state index < -0.39 is 0 Å². The second-order valence-corrected chi connectivity index (χ2v) is 7.37. The van der Waals surface area contributed by atoms with Gasteiger partial charge in [0.2, 0.25) is 5.58 Å². The number of ether oxygens (including phenoxy) is 1. The molecule has 0 radical (unpaired) electrons. The maximum atomic E-state index is 12.2. The van der Waals surface area contributed by atoms with E-state index in [0.717, 1.165) is 26.7 Å². The smallest absolute Gasteiger partial charge is 0.323 e. The van der Waals surface area contributed by atoms with Gasteiger partial charge in [-0.1, -0.05) is 39.3 Å². The second kappa shape index (κ2) is 7.97. The lowest BCUT2D eigenvalue weighted by Gasteiger charge is -2.10. The standard InChI is InChI=1S/C22H18BrN3O3/c1-13-20-18(10-11-19(28-2)21(20)29-26-13)14-6-8-16(9-7-14)24-22(27)25-17-5-3-4-15(23)12-17/h3-12H,1-2H3,(H2,24,25,27). The molecule has 0 fully saturated rings. The molecule has 6 nitrogen and oxygen atoms in total. The Morgan fingerprint density at radius 1 is 1.03 bits per heavy atom. The molecule has 0 bridgehead atoms. The minimum atomic E-state index is -0.308. The Labute approximate surface area is 176 Å². The molecule has 0 spiro atoms. The number of fused-ring (bicyclic) bond motifs is 1. The van der Waals surface area contributed by atoms with Crippen LogP contribution >= 0.6 is 15.9 Å². The van der Waals surface area contributed by atoms with Crippen molar-refractivity contribution in [2.75, 3.05) is 17.7 Å². The van der Waals surface area contributed by atoms with Crippen LogP contribution in [0.25, 0.3) is 22.1 Å². The van der Waals surface area contributed by atoms with Crippen molar-refractivity contribution >= 4 is 44.3 Å². The van der Waals surface area contributed by atoms with E-state index in [2.05, 4.69) is 31.7 Å². The molecule has 3 aromatic carbocycles. The third-order valence-electron chi connectivity index (χ3n) is 4.51.